The van der Waals surface area contributed by atoms with Crippen LogP contribution in [0, 0.1) is 5.92 Å². The average Bonchev–Trinajstić information content (AvgIpc) is 2.95. The topological polar surface area (TPSA) is 94.0 Å². The zero-order valence-corrected chi connectivity index (χ0v) is 12.4. The molecule has 1 amide bonds. The first-order valence-electron chi connectivity index (χ1n) is 8.07. The zero-order chi connectivity index (χ0) is 14.7. The first-order valence-corrected chi connectivity index (χ1v) is 8.07. The smallest absolute Gasteiger partial charge is 0.228 e. The Morgan fingerprint density at radius 2 is 2.05 bits per heavy atom. The minimum atomic E-state index is -0.382. The van der Waals surface area contributed by atoms with Gasteiger partial charge in [-0.1, -0.05) is 24.4 Å². The lowest BCUT2D eigenvalue weighted by Gasteiger charge is -2.34. The second kappa shape index (κ2) is 6.13. The van der Waals surface area contributed by atoms with Crippen molar-refractivity contribution >= 4 is 5.91 Å². The molecule has 0 saturated heterocycles. The van der Waals surface area contributed by atoms with Gasteiger partial charge in [0.15, 0.2) is 5.82 Å². The molecule has 0 aliphatic heterocycles. The van der Waals surface area contributed by atoms with E-state index in [1.54, 1.807) is 0 Å². The quantitative estimate of drug-likeness (QED) is 0.860. The van der Waals surface area contributed by atoms with Crippen molar-refractivity contribution in [3.05, 3.63) is 11.7 Å². The lowest BCUT2D eigenvalue weighted by Crippen LogP contribution is -2.44. The molecular formula is C15H24N4O2. The van der Waals surface area contributed by atoms with Crippen LogP contribution in [0.4, 0.5) is 0 Å². The van der Waals surface area contributed by atoms with E-state index < -0.39 is 0 Å². The van der Waals surface area contributed by atoms with Gasteiger partial charge in [-0.15, -0.1) is 0 Å². The van der Waals surface area contributed by atoms with Crippen molar-refractivity contribution in [1.29, 1.82) is 0 Å². The summed E-state index contributed by atoms with van der Waals surface area (Å²) < 4.78 is 5.22. The zero-order valence-electron chi connectivity index (χ0n) is 12.4. The van der Waals surface area contributed by atoms with Gasteiger partial charge < -0.3 is 15.6 Å². The fourth-order valence-corrected chi connectivity index (χ4v) is 3.14. The van der Waals surface area contributed by atoms with E-state index in [2.05, 4.69) is 15.5 Å². The Hall–Kier alpha value is -1.43. The van der Waals surface area contributed by atoms with Crippen LogP contribution in [0.3, 0.4) is 0 Å². The van der Waals surface area contributed by atoms with Crippen LogP contribution in [0.2, 0.25) is 0 Å². The third-order valence-corrected chi connectivity index (χ3v) is 4.77. The molecule has 3 rings (SSSR count). The molecule has 0 radical (unpaired) electrons. The van der Waals surface area contributed by atoms with Crippen LogP contribution in [0.15, 0.2) is 4.52 Å². The van der Waals surface area contributed by atoms with Crippen LogP contribution >= 0.6 is 0 Å². The molecule has 2 aliphatic carbocycles. The van der Waals surface area contributed by atoms with Crippen molar-refractivity contribution in [2.75, 3.05) is 6.54 Å². The van der Waals surface area contributed by atoms with Gasteiger partial charge in [0.05, 0.1) is 5.54 Å². The maximum Gasteiger partial charge on any atom is 0.228 e. The lowest BCUT2D eigenvalue weighted by atomic mass is 9.77. The summed E-state index contributed by atoms with van der Waals surface area (Å²) in [6.07, 6.45) is 9.18. The van der Waals surface area contributed by atoms with Gasteiger partial charge in [0.1, 0.15) is 0 Å². The number of amides is 1. The van der Waals surface area contributed by atoms with Gasteiger partial charge in [-0.3, -0.25) is 4.79 Å². The summed E-state index contributed by atoms with van der Waals surface area (Å²) in [4.78, 5) is 16.4. The summed E-state index contributed by atoms with van der Waals surface area (Å²) in [6, 6.07) is 0. The van der Waals surface area contributed by atoms with Crippen molar-refractivity contribution in [2.45, 2.75) is 63.3 Å². The normalized spacial score (nSPS) is 21.8. The highest BCUT2D eigenvalue weighted by atomic mass is 16.5. The largest absolute Gasteiger partial charge is 0.355 e. The van der Waals surface area contributed by atoms with E-state index in [1.807, 2.05) is 0 Å². The van der Waals surface area contributed by atoms with Crippen molar-refractivity contribution in [2.24, 2.45) is 11.7 Å². The lowest BCUT2D eigenvalue weighted by molar-refractivity contribution is -0.125. The van der Waals surface area contributed by atoms with E-state index >= 15 is 0 Å². The molecule has 0 atom stereocenters. The number of hydrogen-bond donors (Lipinski definition) is 2. The Labute approximate surface area is 124 Å². The Morgan fingerprint density at radius 3 is 2.71 bits per heavy atom. The van der Waals surface area contributed by atoms with Crippen LogP contribution in [0.25, 0.3) is 0 Å². The summed E-state index contributed by atoms with van der Waals surface area (Å²) in [7, 11) is 0. The highest BCUT2D eigenvalue weighted by Gasteiger charge is 2.38. The standard InChI is InChI=1S/C15H24N4O2/c16-15(8-4-9-15)14-18-12(21-19-14)7-10-17-13(20)11-5-2-1-3-6-11/h11H,1-10,16H2,(H,17,20). The number of carbonyl (C=O) groups excluding carboxylic acids is 1. The van der Waals surface area contributed by atoms with Crippen LogP contribution in [0.1, 0.15) is 63.1 Å². The van der Waals surface area contributed by atoms with Crippen LogP contribution < -0.4 is 11.1 Å². The molecule has 6 nitrogen and oxygen atoms in total. The molecule has 1 heterocycles. The highest BCUT2D eigenvalue weighted by Crippen LogP contribution is 2.36. The van der Waals surface area contributed by atoms with Gasteiger partial charge in [-0.25, -0.2) is 0 Å². The van der Waals surface area contributed by atoms with Gasteiger partial charge in [-0.2, -0.15) is 4.98 Å². The van der Waals surface area contributed by atoms with Crippen molar-refractivity contribution in [3.63, 3.8) is 0 Å². The van der Waals surface area contributed by atoms with E-state index in [1.165, 1.54) is 19.3 Å². The fourth-order valence-electron chi connectivity index (χ4n) is 3.14. The molecule has 2 aliphatic rings. The molecule has 3 N–H and O–H groups in total. The summed E-state index contributed by atoms with van der Waals surface area (Å²) >= 11 is 0. The van der Waals surface area contributed by atoms with Gasteiger partial charge in [-0.05, 0) is 32.1 Å². The Morgan fingerprint density at radius 1 is 1.29 bits per heavy atom. The maximum absolute atomic E-state index is 12.0. The molecule has 116 valence electrons. The molecule has 1 aromatic rings. The van der Waals surface area contributed by atoms with E-state index in [0.29, 0.717) is 24.7 Å². The van der Waals surface area contributed by atoms with Gasteiger partial charge in [0, 0.05) is 18.9 Å². The van der Waals surface area contributed by atoms with Crippen molar-refractivity contribution in [1.82, 2.24) is 15.5 Å². The number of rotatable bonds is 5. The van der Waals surface area contributed by atoms with E-state index in [4.69, 9.17) is 10.3 Å². The van der Waals surface area contributed by atoms with Gasteiger partial charge >= 0.3 is 0 Å². The average molecular weight is 292 g/mol. The minimum absolute atomic E-state index is 0.170. The molecule has 2 fully saturated rings. The van der Waals surface area contributed by atoms with E-state index in [9.17, 15) is 4.79 Å². The first kappa shape index (κ1) is 14.5. The highest BCUT2D eigenvalue weighted by molar-refractivity contribution is 5.78. The SMILES string of the molecule is NC1(c2noc(CCNC(=O)C3CCCCC3)n2)CCC1. The number of nitrogens with two attached hydrogens (primary N) is 1. The number of hydrogen-bond acceptors (Lipinski definition) is 5. The molecule has 2 saturated carbocycles. The number of nitrogens with zero attached hydrogens (tertiary/aromatic N) is 2. The van der Waals surface area contributed by atoms with Gasteiger partial charge in [0.25, 0.3) is 0 Å². The fraction of sp³-hybridized carbons (Fsp3) is 0.800. The monoisotopic (exact) mass is 292 g/mol. The number of nitrogens with one attached hydrogen (secondary N) is 1. The van der Waals surface area contributed by atoms with Crippen molar-refractivity contribution < 1.29 is 9.32 Å². The predicted octanol–water partition coefficient (Wildman–Crippen LogP) is 1.65. The first-order chi connectivity index (χ1) is 10.2. The molecule has 0 unspecified atom stereocenters. The second-order valence-electron chi connectivity index (χ2n) is 6.40. The number of aromatic nitrogens is 2. The van der Waals surface area contributed by atoms with E-state index in [-0.39, 0.29) is 17.4 Å². The van der Waals surface area contributed by atoms with E-state index in [0.717, 1.165) is 32.1 Å². The third-order valence-electron chi connectivity index (χ3n) is 4.77. The van der Waals surface area contributed by atoms with Gasteiger partial charge in [0.2, 0.25) is 11.8 Å². The molecule has 6 heteroatoms. The Kier molecular flexibility index (Phi) is 4.24. The predicted molar refractivity (Wildman–Crippen MR) is 77.3 cm³/mol. The Balaban J connectivity index is 1.44. The second-order valence-corrected chi connectivity index (χ2v) is 6.40. The number of carbonyl (C=O) groups is 1. The summed E-state index contributed by atoms with van der Waals surface area (Å²) in [5.41, 5.74) is 5.78. The molecular weight excluding hydrogens is 268 g/mol. The summed E-state index contributed by atoms with van der Waals surface area (Å²) in [5.74, 6) is 1.54. The van der Waals surface area contributed by atoms with Crippen molar-refractivity contribution in [3.8, 4) is 0 Å². The molecule has 1 aromatic heterocycles. The summed E-state index contributed by atoms with van der Waals surface area (Å²) in [6.45, 7) is 0.550. The molecule has 0 aromatic carbocycles. The minimum Gasteiger partial charge on any atom is -0.355 e. The van der Waals surface area contributed by atoms with Crippen LogP contribution in [-0.2, 0) is 16.8 Å². The Bertz CT molecular complexity index is 490. The molecule has 0 bridgehead atoms. The van der Waals surface area contributed by atoms with Crippen LogP contribution in [-0.4, -0.2) is 22.6 Å². The van der Waals surface area contributed by atoms with Crippen LogP contribution in [0.5, 0.6) is 0 Å². The maximum atomic E-state index is 12.0. The molecule has 0 spiro atoms. The molecule has 21 heavy (non-hydrogen) atoms. The summed E-state index contributed by atoms with van der Waals surface area (Å²) in [5, 5.41) is 6.95. The third kappa shape index (κ3) is 3.26.